The maximum atomic E-state index is 11.3. The van der Waals surface area contributed by atoms with Gasteiger partial charge in [0.1, 0.15) is 12.1 Å². The number of aryl methyl sites for hydroxylation is 2. The summed E-state index contributed by atoms with van der Waals surface area (Å²) in [6.07, 6.45) is 5.20. The van der Waals surface area contributed by atoms with E-state index < -0.39 is 10.0 Å². The first kappa shape index (κ1) is 21.6. The van der Waals surface area contributed by atoms with E-state index in [1.54, 1.807) is 0 Å². The molecule has 0 unspecified atom stereocenters. The molecule has 2 aromatic heterocycles. The summed E-state index contributed by atoms with van der Waals surface area (Å²) in [6, 6.07) is 4.22. The normalized spacial score (nSPS) is 13.9. The zero-order chi connectivity index (χ0) is 21.3. The molecule has 30 heavy (non-hydrogen) atoms. The van der Waals surface area contributed by atoms with Gasteiger partial charge in [0, 0.05) is 21.6 Å². The van der Waals surface area contributed by atoms with E-state index in [2.05, 4.69) is 54.4 Å². The van der Waals surface area contributed by atoms with E-state index >= 15 is 0 Å². The van der Waals surface area contributed by atoms with Crippen molar-refractivity contribution in [2.75, 3.05) is 25.1 Å². The van der Waals surface area contributed by atoms with Crippen molar-refractivity contribution < 1.29 is 13.2 Å². The summed E-state index contributed by atoms with van der Waals surface area (Å²) in [5.74, 6) is 1.24. The molecule has 12 heteroatoms. The van der Waals surface area contributed by atoms with E-state index in [-0.39, 0.29) is 0 Å². The van der Waals surface area contributed by atoms with E-state index in [9.17, 15) is 8.42 Å². The number of ether oxygens (including phenoxy) is 1. The topological polar surface area (TPSA) is 125 Å². The van der Waals surface area contributed by atoms with Gasteiger partial charge in [0.2, 0.25) is 10.0 Å². The Morgan fingerprint density at radius 1 is 1.37 bits per heavy atom. The number of imidazole rings is 1. The SMILES string of the molecule is CS(=O)(=O)NCCCn1c(Sc2cc3c(cc2I)CCCO3)nc2c(N)ncnc21. The summed E-state index contributed by atoms with van der Waals surface area (Å²) in [5.41, 5.74) is 8.42. The first-order valence-electron chi connectivity index (χ1n) is 9.36. The maximum Gasteiger partial charge on any atom is 0.208 e. The number of sulfonamides is 1. The Hall–Kier alpha value is -1.64. The predicted octanol–water partition coefficient (Wildman–Crippen LogP) is 2.43. The number of nitrogens with two attached hydrogens (primary N) is 1. The minimum Gasteiger partial charge on any atom is -0.493 e. The fourth-order valence-electron chi connectivity index (χ4n) is 3.24. The molecule has 0 saturated heterocycles. The maximum absolute atomic E-state index is 11.3. The van der Waals surface area contributed by atoms with Crippen LogP contribution in [0.4, 0.5) is 5.82 Å². The van der Waals surface area contributed by atoms with Crippen LogP contribution in [0.5, 0.6) is 5.75 Å². The van der Waals surface area contributed by atoms with Crippen LogP contribution in [0.2, 0.25) is 0 Å². The Kier molecular flexibility index (Phi) is 6.36. The van der Waals surface area contributed by atoms with Crippen molar-refractivity contribution in [3.63, 3.8) is 0 Å². The number of hydrogen-bond acceptors (Lipinski definition) is 8. The van der Waals surface area contributed by atoms with Crippen LogP contribution in [-0.2, 0) is 23.0 Å². The molecule has 1 aliphatic rings. The monoisotopic (exact) mass is 560 g/mol. The van der Waals surface area contributed by atoms with Crippen molar-refractivity contribution in [2.24, 2.45) is 0 Å². The molecule has 0 amide bonds. The fraction of sp³-hybridized carbons (Fsp3) is 0.389. The average molecular weight is 560 g/mol. The van der Waals surface area contributed by atoms with Gasteiger partial charge in [-0.1, -0.05) is 11.8 Å². The highest BCUT2D eigenvalue weighted by Gasteiger charge is 2.19. The summed E-state index contributed by atoms with van der Waals surface area (Å²) in [7, 11) is -3.23. The van der Waals surface area contributed by atoms with Gasteiger partial charge in [-0.3, -0.25) is 0 Å². The lowest BCUT2D eigenvalue weighted by molar-refractivity contribution is 0.287. The van der Waals surface area contributed by atoms with Crippen LogP contribution in [-0.4, -0.2) is 47.3 Å². The second kappa shape index (κ2) is 8.85. The number of rotatable bonds is 7. The molecule has 0 saturated carbocycles. The van der Waals surface area contributed by atoms with Gasteiger partial charge in [-0.2, -0.15) is 0 Å². The Morgan fingerprint density at radius 2 is 2.20 bits per heavy atom. The number of nitrogen functional groups attached to an aromatic ring is 1. The standard InChI is InChI=1S/C18H21IN6O3S2/c1-30(26,27)23-5-3-6-25-17-15(16(20)21-10-22-17)24-18(25)29-14-9-13-11(8-12(14)19)4-2-7-28-13/h8-10,23H,2-7H2,1H3,(H2,20,21,22). The van der Waals surface area contributed by atoms with Gasteiger partial charge in [-0.05, 0) is 59.5 Å². The molecule has 1 aliphatic heterocycles. The quantitative estimate of drug-likeness (QED) is 0.334. The summed E-state index contributed by atoms with van der Waals surface area (Å²) < 4.78 is 34.1. The minimum atomic E-state index is -3.23. The number of benzene rings is 1. The van der Waals surface area contributed by atoms with Crippen molar-refractivity contribution >= 4 is 61.4 Å². The molecule has 0 fully saturated rings. The number of anilines is 1. The van der Waals surface area contributed by atoms with E-state index in [4.69, 9.17) is 10.5 Å². The van der Waals surface area contributed by atoms with E-state index in [0.717, 1.165) is 45.1 Å². The van der Waals surface area contributed by atoms with Crippen molar-refractivity contribution in [3.8, 4) is 5.75 Å². The highest BCUT2D eigenvalue weighted by Crippen LogP contribution is 2.38. The lowest BCUT2D eigenvalue weighted by Crippen LogP contribution is -2.24. The molecular weight excluding hydrogens is 539 g/mol. The van der Waals surface area contributed by atoms with E-state index in [1.807, 2.05) is 4.57 Å². The van der Waals surface area contributed by atoms with Crippen molar-refractivity contribution in [2.45, 2.75) is 35.9 Å². The molecule has 3 N–H and O–H groups in total. The van der Waals surface area contributed by atoms with Crippen molar-refractivity contribution in [3.05, 3.63) is 27.6 Å². The van der Waals surface area contributed by atoms with Crippen LogP contribution in [0, 0.1) is 3.57 Å². The predicted molar refractivity (Wildman–Crippen MR) is 124 cm³/mol. The zero-order valence-corrected chi connectivity index (χ0v) is 20.1. The third-order valence-electron chi connectivity index (χ3n) is 4.61. The molecule has 3 aromatic rings. The highest BCUT2D eigenvalue weighted by atomic mass is 127. The molecular formula is C18H21IN6O3S2. The van der Waals surface area contributed by atoms with Gasteiger partial charge in [-0.25, -0.2) is 28.1 Å². The molecule has 160 valence electrons. The molecule has 3 heterocycles. The lowest BCUT2D eigenvalue weighted by Gasteiger charge is -2.19. The molecule has 0 atom stereocenters. The Labute approximate surface area is 192 Å². The first-order chi connectivity index (χ1) is 14.3. The second-order valence-electron chi connectivity index (χ2n) is 6.94. The average Bonchev–Trinajstić information content (AvgIpc) is 3.04. The Bertz CT molecular complexity index is 1200. The van der Waals surface area contributed by atoms with Crippen LogP contribution in [0.1, 0.15) is 18.4 Å². The van der Waals surface area contributed by atoms with Gasteiger partial charge in [-0.15, -0.1) is 0 Å². The molecule has 0 aliphatic carbocycles. The first-order valence-corrected chi connectivity index (χ1v) is 13.1. The number of hydrogen-bond donors (Lipinski definition) is 2. The third-order valence-corrected chi connectivity index (χ3v) is 7.65. The largest absolute Gasteiger partial charge is 0.493 e. The van der Waals surface area contributed by atoms with Crippen molar-refractivity contribution in [1.82, 2.24) is 24.2 Å². The molecule has 0 spiro atoms. The van der Waals surface area contributed by atoms with Gasteiger partial charge in [0.15, 0.2) is 22.1 Å². The van der Waals surface area contributed by atoms with Crippen LogP contribution in [0.3, 0.4) is 0 Å². The molecule has 1 aromatic carbocycles. The number of halogens is 1. The lowest BCUT2D eigenvalue weighted by atomic mass is 10.1. The zero-order valence-electron chi connectivity index (χ0n) is 16.3. The van der Waals surface area contributed by atoms with Gasteiger partial charge >= 0.3 is 0 Å². The van der Waals surface area contributed by atoms with E-state index in [0.29, 0.717) is 36.5 Å². The van der Waals surface area contributed by atoms with Crippen LogP contribution >= 0.6 is 34.4 Å². The summed E-state index contributed by atoms with van der Waals surface area (Å²) in [6.45, 7) is 1.60. The minimum absolute atomic E-state index is 0.318. The number of fused-ring (bicyclic) bond motifs is 2. The van der Waals surface area contributed by atoms with Crippen molar-refractivity contribution in [1.29, 1.82) is 0 Å². The molecule has 0 radical (unpaired) electrons. The fourth-order valence-corrected chi connectivity index (χ4v) is 5.56. The van der Waals surface area contributed by atoms with Gasteiger partial charge in [0.25, 0.3) is 0 Å². The van der Waals surface area contributed by atoms with E-state index in [1.165, 1.54) is 23.7 Å². The number of nitrogens with zero attached hydrogens (tertiary/aromatic N) is 4. The number of nitrogens with one attached hydrogen (secondary N) is 1. The second-order valence-corrected chi connectivity index (χ2v) is 10.9. The molecule has 4 rings (SSSR count). The smallest absolute Gasteiger partial charge is 0.208 e. The van der Waals surface area contributed by atoms with Gasteiger partial charge in [0.05, 0.1) is 12.9 Å². The molecule has 9 nitrogen and oxygen atoms in total. The summed E-state index contributed by atoms with van der Waals surface area (Å²) in [5, 5.41) is 0.727. The number of aromatic nitrogens is 4. The van der Waals surface area contributed by atoms with Gasteiger partial charge < -0.3 is 15.0 Å². The van der Waals surface area contributed by atoms with Crippen LogP contribution in [0.25, 0.3) is 11.2 Å². The Morgan fingerprint density at radius 3 is 3.00 bits per heavy atom. The molecule has 0 bridgehead atoms. The van der Waals surface area contributed by atoms with Crippen LogP contribution < -0.4 is 15.2 Å². The van der Waals surface area contributed by atoms with Crippen LogP contribution in [0.15, 0.2) is 28.5 Å². The summed E-state index contributed by atoms with van der Waals surface area (Å²) >= 11 is 3.84. The summed E-state index contributed by atoms with van der Waals surface area (Å²) in [4.78, 5) is 14.1. The highest BCUT2D eigenvalue weighted by molar-refractivity contribution is 14.1. The third kappa shape index (κ3) is 4.81. The Balaban J connectivity index is 1.65.